The first-order chi connectivity index (χ1) is 6.83. The van der Waals surface area contributed by atoms with E-state index >= 15 is 0 Å². The number of carbonyl (C=O) groups is 1. The van der Waals surface area contributed by atoms with Gasteiger partial charge in [-0.15, -0.1) is 0 Å². The fourth-order valence-electron chi connectivity index (χ4n) is 1.24. The standard InChI is InChI=1S/C11H13NO2/c1-2-9-5-11(14-10-3-4-10)8(7-13)6-12-9/h5-7,10H,2-4H2,1H3. The van der Waals surface area contributed by atoms with E-state index < -0.39 is 0 Å². The van der Waals surface area contributed by atoms with Gasteiger partial charge in [-0.05, 0) is 19.3 Å². The van der Waals surface area contributed by atoms with Gasteiger partial charge in [-0.3, -0.25) is 9.78 Å². The molecule has 1 aliphatic rings. The molecule has 1 aliphatic carbocycles. The summed E-state index contributed by atoms with van der Waals surface area (Å²) in [6, 6.07) is 1.86. The number of pyridine rings is 1. The van der Waals surface area contributed by atoms with Crippen molar-refractivity contribution in [2.24, 2.45) is 0 Å². The summed E-state index contributed by atoms with van der Waals surface area (Å²) in [5.41, 5.74) is 1.51. The molecule has 14 heavy (non-hydrogen) atoms. The van der Waals surface area contributed by atoms with Gasteiger partial charge in [0.1, 0.15) is 5.75 Å². The average molecular weight is 191 g/mol. The van der Waals surface area contributed by atoms with Crippen molar-refractivity contribution in [2.45, 2.75) is 32.3 Å². The largest absolute Gasteiger partial charge is 0.490 e. The van der Waals surface area contributed by atoms with Crippen molar-refractivity contribution in [3.8, 4) is 5.75 Å². The number of aryl methyl sites for hydroxylation is 1. The van der Waals surface area contributed by atoms with E-state index in [1.54, 1.807) is 6.20 Å². The number of nitrogens with zero attached hydrogens (tertiary/aromatic N) is 1. The van der Waals surface area contributed by atoms with Gasteiger partial charge in [0.25, 0.3) is 0 Å². The number of carbonyl (C=O) groups excluding carboxylic acids is 1. The van der Waals surface area contributed by atoms with Crippen molar-refractivity contribution in [2.75, 3.05) is 0 Å². The summed E-state index contributed by atoms with van der Waals surface area (Å²) < 4.78 is 5.62. The molecule has 0 spiro atoms. The van der Waals surface area contributed by atoms with Gasteiger partial charge < -0.3 is 4.74 Å². The second-order valence-electron chi connectivity index (χ2n) is 3.50. The van der Waals surface area contributed by atoms with Crippen molar-refractivity contribution in [1.82, 2.24) is 4.98 Å². The third kappa shape index (κ3) is 1.92. The highest BCUT2D eigenvalue weighted by molar-refractivity contribution is 5.78. The fourth-order valence-corrected chi connectivity index (χ4v) is 1.24. The van der Waals surface area contributed by atoms with Crippen LogP contribution in [0.1, 0.15) is 35.8 Å². The van der Waals surface area contributed by atoms with Crippen LogP contribution in [-0.4, -0.2) is 17.4 Å². The zero-order valence-corrected chi connectivity index (χ0v) is 8.19. The lowest BCUT2D eigenvalue weighted by atomic mass is 10.2. The minimum absolute atomic E-state index is 0.320. The Morgan fingerprint density at radius 2 is 2.43 bits per heavy atom. The third-order valence-electron chi connectivity index (χ3n) is 2.26. The molecule has 0 aliphatic heterocycles. The molecule has 0 unspecified atom stereocenters. The van der Waals surface area contributed by atoms with E-state index in [2.05, 4.69) is 4.98 Å². The molecule has 1 saturated carbocycles. The van der Waals surface area contributed by atoms with Crippen LogP contribution in [-0.2, 0) is 6.42 Å². The Kier molecular flexibility index (Phi) is 2.48. The van der Waals surface area contributed by atoms with Gasteiger partial charge in [0, 0.05) is 18.0 Å². The summed E-state index contributed by atoms with van der Waals surface area (Å²) >= 11 is 0. The Morgan fingerprint density at radius 3 is 3.00 bits per heavy atom. The van der Waals surface area contributed by atoms with Crippen LogP contribution < -0.4 is 4.74 Å². The molecule has 0 saturated heterocycles. The molecule has 0 radical (unpaired) electrons. The highest BCUT2D eigenvalue weighted by Crippen LogP contribution is 2.28. The summed E-state index contributed by atoms with van der Waals surface area (Å²) in [5, 5.41) is 0. The molecule has 0 bridgehead atoms. The fraction of sp³-hybridized carbons (Fsp3) is 0.455. The Morgan fingerprint density at radius 1 is 1.64 bits per heavy atom. The number of ether oxygens (including phenoxy) is 1. The van der Waals surface area contributed by atoms with Crippen molar-refractivity contribution in [3.63, 3.8) is 0 Å². The number of rotatable bonds is 4. The Balaban J connectivity index is 2.26. The molecule has 0 N–H and O–H groups in total. The molecule has 2 rings (SSSR count). The van der Waals surface area contributed by atoms with Gasteiger partial charge in [0.05, 0.1) is 11.7 Å². The maximum absolute atomic E-state index is 10.7. The van der Waals surface area contributed by atoms with Crippen LogP contribution in [0, 0.1) is 0 Å². The van der Waals surface area contributed by atoms with Crippen molar-refractivity contribution in [3.05, 3.63) is 23.5 Å². The number of aromatic nitrogens is 1. The summed E-state index contributed by atoms with van der Waals surface area (Å²) in [4.78, 5) is 14.9. The number of aldehydes is 1. The lowest BCUT2D eigenvalue weighted by Crippen LogP contribution is -2.01. The Labute approximate surface area is 83.1 Å². The van der Waals surface area contributed by atoms with Crippen LogP contribution in [0.3, 0.4) is 0 Å². The normalized spacial score (nSPS) is 15.2. The predicted molar refractivity (Wildman–Crippen MR) is 52.7 cm³/mol. The molecule has 0 atom stereocenters. The number of hydrogen-bond donors (Lipinski definition) is 0. The summed E-state index contributed by atoms with van der Waals surface area (Å²) in [6.07, 6.45) is 5.76. The van der Waals surface area contributed by atoms with E-state index in [9.17, 15) is 4.79 Å². The predicted octanol–water partition coefficient (Wildman–Crippen LogP) is 2.00. The minimum Gasteiger partial charge on any atom is -0.490 e. The first kappa shape index (κ1) is 9.19. The van der Waals surface area contributed by atoms with Crippen molar-refractivity contribution >= 4 is 6.29 Å². The van der Waals surface area contributed by atoms with Gasteiger partial charge in [0.15, 0.2) is 6.29 Å². The molecule has 0 aromatic carbocycles. The van der Waals surface area contributed by atoms with Crippen LogP contribution in [0.25, 0.3) is 0 Å². The zero-order chi connectivity index (χ0) is 9.97. The van der Waals surface area contributed by atoms with Crippen molar-refractivity contribution < 1.29 is 9.53 Å². The SMILES string of the molecule is CCc1cc(OC2CC2)c(C=O)cn1. The molecule has 74 valence electrons. The van der Waals surface area contributed by atoms with Gasteiger partial charge in [0.2, 0.25) is 0 Å². The smallest absolute Gasteiger partial charge is 0.155 e. The summed E-state index contributed by atoms with van der Waals surface area (Å²) in [7, 11) is 0. The van der Waals surface area contributed by atoms with Crippen LogP contribution in [0.2, 0.25) is 0 Å². The molecule has 1 aromatic heterocycles. The van der Waals surface area contributed by atoms with Gasteiger partial charge in [-0.1, -0.05) is 6.92 Å². The molecular formula is C11H13NO2. The molecular weight excluding hydrogens is 178 g/mol. The second-order valence-corrected chi connectivity index (χ2v) is 3.50. The van der Waals surface area contributed by atoms with E-state index in [1.165, 1.54) is 0 Å². The van der Waals surface area contributed by atoms with Crippen LogP contribution >= 0.6 is 0 Å². The summed E-state index contributed by atoms with van der Waals surface area (Å²) in [5.74, 6) is 0.689. The topological polar surface area (TPSA) is 39.2 Å². The lowest BCUT2D eigenvalue weighted by Gasteiger charge is -2.07. The maximum Gasteiger partial charge on any atom is 0.155 e. The van der Waals surface area contributed by atoms with E-state index in [0.717, 1.165) is 31.2 Å². The monoisotopic (exact) mass is 191 g/mol. The van der Waals surface area contributed by atoms with Crippen LogP contribution in [0.15, 0.2) is 12.3 Å². The molecule has 1 heterocycles. The van der Waals surface area contributed by atoms with Gasteiger partial charge >= 0.3 is 0 Å². The molecule has 3 nitrogen and oxygen atoms in total. The van der Waals surface area contributed by atoms with Crippen LogP contribution in [0.4, 0.5) is 0 Å². The Bertz CT molecular complexity index is 345. The first-order valence-corrected chi connectivity index (χ1v) is 4.94. The van der Waals surface area contributed by atoms with E-state index in [-0.39, 0.29) is 0 Å². The minimum atomic E-state index is 0.320. The van der Waals surface area contributed by atoms with Gasteiger partial charge in [-0.25, -0.2) is 0 Å². The average Bonchev–Trinajstić information content (AvgIpc) is 3.01. The number of hydrogen-bond acceptors (Lipinski definition) is 3. The highest BCUT2D eigenvalue weighted by Gasteiger charge is 2.24. The maximum atomic E-state index is 10.7. The molecule has 0 amide bonds. The van der Waals surface area contributed by atoms with E-state index in [4.69, 9.17) is 4.74 Å². The first-order valence-electron chi connectivity index (χ1n) is 4.94. The molecule has 1 fully saturated rings. The van der Waals surface area contributed by atoms with E-state index in [0.29, 0.717) is 17.4 Å². The quantitative estimate of drug-likeness (QED) is 0.683. The highest BCUT2D eigenvalue weighted by atomic mass is 16.5. The van der Waals surface area contributed by atoms with E-state index in [1.807, 2.05) is 13.0 Å². The van der Waals surface area contributed by atoms with Crippen LogP contribution in [0.5, 0.6) is 5.75 Å². The molecule has 1 aromatic rings. The third-order valence-corrected chi connectivity index (χ3v) is 2.26. The van der Waals surface area contributed by atoms with Crippen molar-refractivity contribution in [1.29, 1.82) is 0 Å². The molecule has 3 heteroatoms. The lowest BCUT2D eigenvalue weighted by molar-refractivity contribution is 0.111. The Hall–Kier alpha value is -1.38. The van der Waals surface area contributed by atoms with Gasteiger partial charge in [-0.2, -0.15) is 0 Å². The summed E-state index contributed by atoms with van der Waals surface area (Å²) in [6.45, 7) is 2.03. The second kappa shape index (κ2) is 3.78. The zero-order valence-electron chi connectivity index (χ0n) is 8.19.